The van der Waals surface area contributed by atoms with E-state index in [2.05, 4.69) is 29.0 Å². The van der Waals surface area contributed by atoms with E-state index in [0.29, 0.717) is 6.54 Å². The van der Waals surface area contributed by atoms with Crippen LogP contribution in [0.4, 0.5) is 14.6 Å². The van der Waals surface area contributed by atoms with Gasteiger partial charge in [-0.1, -0.05) is 13.8 Å². The molecule has 0 aliphatic carbocycles. The zero-order valence-corrected chi connectivity index (χ0v) is 10.7. The van der Waals surface area contributed by atoms with E-state index < -0.39 is 11.6 Å². The van der Waals surface area contributed by atoms with E-state index in [1.165, 1.54) is 0 Å². The Balaban J connectivity index is 2.61. The van der Waals surface area contributed by atoms with Gasteiger partial charge in [-0.15, -0.1) is 0 Å². The molecule has 0 spiro atoms. The lowest BCUT2D eigenvalue weighted by Gasteiger charge is -2.28. The summed E-state index contributed by atoms with van der Waals surface area (Å²) in [6.07, 6.45) is 1.00. The first kappa shape index (κ1) is 13.8. The minimum atomic E-state index is -0.666. The largest absolute Gasteiger partial charge is 0.367 e. The van der Waals surface area contributed by atoms with Crippen LogP contribution in [0.3, 0.4) is 0 Å². The summed E-state index contributed by atoms with van der Waals surface area (Å²) in [7, 11) is 3.97. The van der Waals surface area contributed by atoms with Crippen molar-refractivity contribution >= 4 is 5.82 Å². The Labute approximate surface area is 101 Å². The molecule has 1 N–H and O–H groups in total. The van der Waals surface area contributed by atoms with Crippen LogP contribution in [0.15, 0.2) is 12.3 Å². The SMILES string of the molecule is CN(C)CC(C)(C)CNc1ncc(F)cc1F. The average molecular weight is 243 g/mol. The van der Waals surface area contributed by atoms with Gasteiger partial charge in [0.25, 0.3) is 0 Å². The van der Waals surface area contributed by atoms with Gasteiger partial charge in [0.05, 0.1) is 6.20 Å². The van der Waals surface area contributed by atoms with Crippen LogP contribution in [0.1, 0.15) is 13.8 Å². The van der Waals surface area contributed by atoms with Gasteiger partial charge >= 0.3 is 0 Å². The molecule has 17 heavy (non-hydrogen) atoms. The first-order valence-electron chi connectivity index (χ1n) is 5.50. The lowest BCUT2D eigenvalue weighted by atomic mass is 9.93. The highest BCUT2D eigenvalue weighted by Crippen LogP contribution is 2.18. The third-order valence-corrected chi connectivity index (χ3v) is 2.29. The summed E-state index contributed by atoms with van der Waals surface area (Å²) in [6, 6.07) is 0.828. The normalized spacial score (nSPS) is 11.9. The van der Waals surface area contributed by atoms with E-state index >= 15 is 0 Å². The summed E-state index contributed by atoms with van der Waals surface area (Å²) in [5.41, 5.74) is -0.0218. The fourth-order valence-electron chi connectivity index (χ4n) is 1.78. The highest BCUT2D eigenvalue weighted by Gasteiger charge is 2.19. The molecule has 5 heteroatoms. The number of rotatable bonds is 5. The molecule has 0 unspecified atom stereocenters. The lowest BCUT2D eigenvalue weighted by Crippen LogP contribution is -2.34. The zero-order valence-electron chi connectivity index (χ0n) is 10.7. The zero-order chi connectivity index (χ0) is 13.1. The molecule has 0 atom stereocenters. The van der Waals surface area contributed by atoms with Crippen molar-refractivity contribution in [2.45, 2.75) is 13.8 Å². The quantitative estimate of drug-likeness (QED) is 0.860. The van der Waals surface area contributed by atoms with Crippen molar-refractivity contribution in [1.29, 1.82) is 0 Å². The maximum Gasteiger partial charge on any atom is 0.168 e. The van der Waals surface area contributed by atoms with Gasteiger partial charge in [-0.2, -0.15) is 0 Å². The van der Waals surface area contributed by atoms with Crippen molar-refractivity contribution in [2.75, 3.05) is 32.5 Å². The number of anilines is 1. The molecule has 0 bridgehead atoms. The molecule has 0 fully saturated rings. The average Bonchev–Trinajstić information content (AvgIpc) is 2.14. The van der Waals surface area contributed by atoms with E-state index in [1.807, 2.05) is 14.1 Å². The third kappa shape index (κ3) is 4.65. The van der Waals surface area contributed by atoms with Crippen LogP contribution in [0.5, 0.6) is 0 Å². The number of hydrogen-bond donors (Lipinski definition) is 1. The smallest absolute Gasteiger partial charge is 0.168 e. The molecule has 0 aromatic carbocycles. The number of nitrogens with zero attached hydrogens (tertiary/aromatic N) is 2. The fourth-order valence-corrected chi connectivity index (χ4v) is 1.78. The molecule has 1 aromatic heterocycles. The Morgan fingerprint density at radius 1 is 1.35 bits per heavy atom. The monoisotopic (exact) mass is 243 g/mol. The van der Waals surface area contributed by atoms with Crippen molar-refractivity contribution in [2.24, 2.45) is 5.41 Å². The molecular weight excluding hydrogens is 224 g/mol. The molecule has 0 amide bonds. The maximum absolute atomic E-state index is 13.3. The Hall–Kier alpha value is -1.23. The lowest BCUT2D eigenvalue weighted by molar-refractivity contribution is 0.254. The summed E-state index contributed by atoms with van der Waals surface area (Å²) < 4.78 is 26.0. The first-order chi connectivity index (χ1) is 7.80. The summed E-state index contributed by atoms with van der Waals surface area (Å²) >= 11 is 0. The highest BCUT2D eigenvalue weighted by molar-refractivity contribution is 5.36. The maximum atomic E-state index is 13.3. The first-order valence-corrected chi connectivity index (χ1v) is 5.50. The van der Waals surface area contributed by atoms with E-state index in [4.69, 9.17) is 0 Å². The molecule has 1 rings (SSSR count). The standard InChI is InChI=1S/C12H19F2N3/c1-12(2,8-17(3)4)7-16-11-10(14)5-9(13)6-15-11/h5-6H,7-8H2,1-4H3,(H,15,16). The number of halogens is 2. The van der Waals surface area contributed by atoms with E-state index in [-0.39, 0.29) is 11.2 Å². The molecule has 1 aromatic rings. The Kier molecular flexibility index (Phi) is 4.40. The van der Waals surface area contributed by atoms with E-state index in [0.717, 1.165) is 18.8 Å². The summed E-state index contributed by atoms with van der Waals surface area (Å²) in [6.45, 7) is 5.58. The summed E-state index contributed by atoms with van der Waals surface area (Å²) in [5.74, 6) is -1.23. The fraction of sp³-hybridized carbons (Fsp3) is 0.583. The van der Waals surface area contributed by atoms with Gasteiger partial charge in [0.2, 0.25) is 0 Å². The van der Waals surface area contributed by atoms with Crippen molar-refractivity contribution in [1.82, 2.24) is 9.88 Å². The van der Waals surface area contributed by atoms with Crippen LogP contribution in [0, 0.1) is 17.0 Å². The molecule has 3 nitrogen and oxygen atoms in total. The van der Waals surface area contributed by atoms with Gasteiger partial charge in [-0.25, -0.2) is 13.8 Å². The second kappa shape index (κ2) is 5.40. The molecule has 0 aliphatic heterocycles. The number of pyridine rings is 1. The van der Waals surface area contributed by atoms with Crippen molar-refractivity contribution < 1.29 is 8.78 Å². The van der Waals surface area contributed by atoms with Crippen LogP contribution < -0.4 is 5.32 Å². The van der Waals surface area contributed by atoms with E-state index in [9.17, 15) is 8.78 Å². The van der Waals surface area contributed by atoms with Crippen LogP contribution in [0.2, 0.25) is 0 Å². The van der Waals surface area contributed by atoms with E-state index in [1.54, 1.807) is 0 Å². The molecule has 96 valence electrons. The van der Waals surface area contributed by atoms with Crippen LogP contribution >= 0.6 is 0 Å². The van der Waals surface area contributed by atoms with Crippen LogP contribution in [0.25, 0.3) is 0 Å². The topological polar surface area (TPSA) is 28.2 Å². The van der Waals surface area contributed by atoms with Crippen LogP contribution in [-0.4, -0.2) is 37.1 Å². The number of hydrogen-bond acceptors (Lipinski definition) is 3. The van der Waals surface area contributed by atoms with Crippen molar-refractivity contribution in [3.05, 3.63) is 23.9 Å². The van der Waals surface area contributed by atoms with Gasteiger partial charge in [-0.05, 0) is 19.5 Å². The summed E-state index contributed by atoms with van der Waals surface area (Å²) in [4.78, 5) is 5.75. The summed E-state index contributed by atoms with van der Waals surface area (Å²) in [5, 5.41) is 2.91. The van der Waals surface area contributed by atoms with Gasteiger partial charge < -0.3 is 10.2 Å². The van der Waals surface area contributed by atoms with Crippen LogP contribution in [-0.2, 0) is 0 Å². The number of aromatic nitrogens is 1. The molecular formula is C12H19F2N3. The molecule has 0 saturated carbocycles. The predicted molar refractivity (Wildman–Crippen MR) is 65.0 cm³/mol. The van der Waals surface area contributed by atoms with Crippen molar-refractivity contribution in [3.8, 4) is 0 Å². The van der Waals surface area contributed by atoms with Crippen molar-refractivity contribution in [3.63, 3.8) is 0 Å². The predicted octanol–water partition coefficient (Wildman–Crippen LogP) is 2.36. The number of nitrogens with one attached hydrogen (secondary N) is 1. The second-order valence-corrected chi connectivity index (χ2v) is 5.24. The highest BCUT2D eigenvalue weighted by atomic mass is 19.1. The van der Waals surface area contributed by atoms with Gasteiger partial charge in [0, 0.05) is 19.2 Å². The third-order valence-electron chi connectivity index (χ3n) is 2.29. The molecule has 0 radical (unpaired) electrons. The molecule has 1 heterocycles. The molecule has 0 aliphatic rings. The minimum absolute atomic E-state index is 0.0218. The van der Waals surface area contributed by atoms with Gasteiger partial charge in [0.1, 0.15) is 5.82 Å². The second-order valence-electron chi connectivity index (χ2n) is 5.24. The van der Waals surface area contributed by atoms with Gasteiger partial charge in [0.15, 0.2) is 11.6 Å². The Morgan fingerprint density at radius 2 is 2.00 bits per heavy atom. The van der Waals surface area contributed by atoms with Gasteiger partial charge in [-0.3, -0.25) is 0 Å². The minimum Gasteiger partial charge on any atom is -0.367 e. The molecule has 0 saturated heterocycles. The Bertz CT molecular complexity index is 378. The Morgan fingerprint density at radius 3 is 2.53 bits per heavy atom.